The predicted molar refractivity (Wildman–Crippen MR) is 72.5 cm³/mol. The van der Waals surface area contributed by atoms with Crippen LogP contribution < -0.4 is 5.32 Å². The number of ether oxygens (including phenoxy) is 1. The van der Waals surface area contributed by atoms with Crippen LogP contribution in [0.3, 0.4) is 0 Å². The fourth-order valence-electron chi connectivity index (χ4n) is 1.46. The fourth-order valence-corrected chi connectivity index (χ4v) is 2.79. The van der Waals surface area contributed by atoms with Gasteiger partial charge in [0.05, 0.1) is 11.5 Å². The molecule has 0 radical (unpaired) electrons. The lowest BCUT2D eigenvalue weighted by molar-refractivity contribution is 0.0837. The van der Waals surface area contributed by atoms with E-state index >= 15 is 0 Å². The number of halogens is 1. The Morgan fingerprint density at radius 2 is 2.47 bits per heavy atom. The Morgan fingerprint density at radius 3 is 3.06 bits per heavy atom. The van der Waals surface area contributed by atoms with Crippen molar-refractivity contribution in [1.82, 2.24) is 5.32 Å². The molecule has 5 heteroatoms. The van der Waals surface area contributed by atoms with Crippen molar-refractivity contribution in [3.05, 3.63) is 20.8 Å². The number of hydrogen-bond acceptors (Lipinski definition) is 3. The first-order valence-electron chi connectivity index (χ1n) is 5.78. The summed E-state index contributed by atoms with van der Waals surface area (Å²) in [5.74, 6) is 0.745. The highest BCUT2D eigenvalue weighted by atomic mass is 79.9. The highest BCUT2D eigenvalue weighted by Gasteiger charge is 2.21. The number of nitrogens with one attached hydrogen (secondary N) is 1. The zero-order chi connectivity index (χ0) is 12.3. The molecule has 0 bridgehead atoms. The molecule has 1 aliphatic rings. The number of rotatable bonds is 6. The minimum atomic E-state index is -0.0248. The van der Waals surface area contributed by atoms with Crippen LogP contribution in [0.1, 0.15) is 29.4 Å². The quantitative estimate of drug-likeness (QED) is 0.875. The van der Waals surface area contributed by atoms with E-state index in [9.17, 15) is 4.79 Å². The van der Waals surface area contributed by atoms with Crippen LogP contribution in [-0.4, -0.2) is 25.2 Å². The first-order valence-corrected chi connectivity index (χ1v) is 7.45. The topological polar surface area (TPSA) is 38.3 Å². The third kappa shape index (κ3) is 4.41. The predicted octanol–water partition coefficient (Wildman–Crippen LogP) is 3.06. The Labute approximate surface area is 114 Å². The summed E-state index contributed by atoms with van der Waals surface area (Å²) >= 11 is 4.78. The Hall–Kier alpha value is -0.390. The van der Waals surface area contributed by atoms with Crippen molar-refractivity contribution in [1.29, 1.82) is 0 Å². The molecule has 0 saturated heterocycles. The molecular formula is C12H16BrNO2S. The highest BCUT2D eigenvalue weighted by Crippen LogP contribution is 2.28. The first-order chi connectivity index (χ1) is 8.15. The van der Waals surface area contributed by atoms with Crippen molar-refractivity contribution in [3.8, 4) is 0 Å². The van der Waals surface area contributed by atoms with E-state index in [2.05, 4.69) is 21.2 Å². The summed E-state index contributed by atoms with van der Waals surface area (Å²) in [6.45, 7) is 3.40. The van der Waals surface area contributed by atoms with E-state index in [1.54, 1.807) is 0 Å². The van der Waals surface area contributed by atoms with Gasteiger partial charge in [0.25, 0.3) is 5.91 Å². The summed E-state index contributed by atoms with van der Waals surface area (Å²) < 4.78 is 6.49. The fraction of sp³-hybridized carbons (Fsp3) is 0.583. The number of carbonyl (C=O) groups is 1. The van der Waals surface area contributed by atoms with E-state index in [0.29, 0.717) is 6.61 Å². The van der Waals surface area contributed by atoms with Crippen LogP contribution in [-0.2, 0) is 4.74 Å². The molecule has 1 atom stereocenters. The van der Waals surface area contributed by atoms with Gasteiger partial charge in [-0.3, -0.25) is 4.79 Å². The third-order valence-corrected chi connectivity index (χ3v) is 4.28. The normalized spacial score (nSPS) is 16.8. The Bertz CT molecular complexity index is 390. The van der Waals surface area contributed by atoms with Crippen LogP contribution in [0.5, 0.6) is 0 Å². The lowest BCUT2D eigenvalue weighted by Crippen LogP contribution is -2.35. The maximum absolute atomic E-state index is 11.8. The SMILES string of the molecule is CC(COCC1CC1)NC(=O)c1cc(Br)cs1. The van der Waals surface area contributed by atoms with Gasteiger partial charge in [-0.05, 0) is 47.7 Å². The molecule has 1 fully saturated rings. The standard InChI is InChI=1S/C12H16BrNO2S/c1-8(5-16-6-9-2-3-9)14-12(15)11-4-10(13)7-17-11/h4,7-9H,2-3,5-6H2,1H3,(H,14,15). The van der Waals surface area contributed by atoms with Crippen LogP contribution in [0.15, 0.2) is 15.9 Å². The molecule has 0 aliphatic heterocycles. The average Bonchev–Trinajstić information content (AvgIpc) is 2.99. The molecule has 2 rings (SSSR count). The minimum Gasteiger partial charge on any atom is -0.379 e. The molecule has 0 aromatic carbocycles. The maximum atomic E-state index is 11.8. The molecule has 3 nitrogen and oxygen atoms in total. The van der Waals surface area contributed by atoms with Gasteiger partial charge in [-0.1, -0.05) is 0 Å². The summed E-state index contributed by atoms with van der Waals surface area (Å²) in [7, 11) is 0. The van der Waals surface area contributed by atoms with E-state index in [1.165, 1.54) is 24.2 Å². The number of amides is 1. The summed E-state index contributed by atoms with van der Waals surface area (Å²) in [6.07, 6.45) is 2.59. The monoisotopic (exact) mass is 317 g/mol. The van der Waals surface area contributed by atoms with Crippen LogP contribution in [0.4, 0.5) is 0 Å². The summed E-state index contributed by atoms with van der Waals surface area (Å²) in [4.78, 5) is 12.5. The second-order valence-corrected chi connectivity index (χ2v) is 6.31. The van der Waals surface area contributed by atoms with Crippen LogP contribution >= 0.6 is 27.3 Å². The first kappa shape index (κ1) is 13.1. The van der Waals surface area contributed by atoms with Gasteiger partial charge in [0.1, 0.15) is 0 Å². The van der Waals surface area contributed by atoms with Gasteiger partial charge in [0.15, 0.2) is 0 Å². The smallest absolute Gasteiger partial charge is 0.261 e. The number of carbonyl (C=O) groups excluding carboxylic acids is 1. The summed E-state index contributed by atoms with van der Waals surface area (Å²) in [5.41, 5.74) is 0. The molecule has 1 N–H and O–H groups in total. The van der Waals surface area contributed by atoms with Crippen molar-refractivity contribution < 1.29 is 9.53 Å². The van der Waals surface area contributed by atoms with Crippen molar-refractivity contribution in [2.45, 2.75) is 25.8 Å². The minimum absolute atomic E-state index is 0.0248. The molecule has 94 valence electrons. The van der Waals surface area contributed by atoms with E-state index in [0.717, 1.165) is 21.9 Å². The van der Waals surface area contributed by atoms with Gasteiger partial charge < -0.3 is 10.1 Å². The zero-order valence-electron chi connectivity index (χ0n) is 9.74. The Kier molecular flexibility index (Phi) is 4.59. The summed E-state index contributed by atoms with van der Waals surface area (Å²) in [6, 6.07) is 1.89. The third-order valence-electron chi connectivity index (χ3n) is 2.59. The van der Waals surface area contributed by atoms with E-state index < -0.39 is 0 Å². The van der Waals surface area contributed by atoms with Crippen molar-refractivity contribution >= 4 is 33.2 Å². The Balaban J connectivity index is 1.69. The van der Waals surface area contributed by atoms with Crippen LogP contribution in [0, 0.1) is 5.92 Å². The molecule has 1 aliphatic carbocycles. The molecule has 17 heavy (non-hydrogen) atoms. The molecule has 1 amide bonds. The highest BCUT2D eigenvalue weighted by molar-refractivity contribution is 9.10. The molecular weight excluding hydrogens is 302 g/mol. The van der Waals surface area contributed by atoms with Crippen LogP contribution in [0.25, 0.3) is 0 Å². The van der Waals surface area contributed by atoms with E-state index in [1.807, 2.05) is 18.4 Å². The second-order valence-electron chi connectivity index (χ2n) is 4.48. The number of hydrogen-bond donors (Lipinski definition) is 1. The zero-order valence-corrected chi connectivity index (χ0v) is 12.1. The van der Waals surface area contributed by atoms with Crippen LogP contribution in [0.2, 0.25) is 0 Å². The molecule has 1 aromatic heterocycles. The summed E-state index contributed by atoms with van der Waals surface area (Å²) in [5, 5.41) is 4.84. The molecule has 0 spiro atoms. The molecule has 1 unspecified atom stereocenters. The van der Waals surface area contributed by atoms with Gasteiger partial charge >= 0.3 is 0 Å². The van der Waals surface area contributed by atoms with Gasteiger partial charge in [-0.25, -0.2) is 0 Å². The Morgan fingerprint density at radius 1 is 1.71 bits per heavy atom. The largest absolute Gasteiger partial charge is 0.379 e. The van der Waals surface area contributed by atoms with Crippen molar-refractivity contribution in [2.24, 2.45) is 5.92 Å². The van der Waals surface area contributed by atoms with Crippen molar-refractivity contribution in [2.75, 3.05) is 13.2 Å². The lowest BCUT2D eigenvalue weighted by Gasteiger charge is -2.13. The van der Waals surface area contributed by atoms with E-state index in [4.69, 9.17) is 4.74 Å². The lowest BCUT2D eigenvalue weighted by atomic mass is 10.3. The van der Waals surface area contributed by atoms with Gasteiger partial charge in [0, 0.05) is 22.5 Å². The number of thiophene rings is 1. The second kappa shape index (κ2) is 5.98. The van der Waals surface area contributed by atoms with Gasteiger partial charge in [-0.15, -0.1) is 11.3 Å². The average molecular weight is 318 g/mol. The molecule has 1 aromatic rings. The maximum Gasteiger partial charge on any atom is 0.261 e. The molecule has 1 heterocycles. The molecule has 1 saturated carbocycles. The van der Waals surface area contributed by atoms with E-state index in [-0.39, 0.29) is 11.9 Å². The van der Waals surface area contributed by atoms with Gasteiger partial charge in [-0.2, -0.15) is 0 Å². The van der Waals surface area contributed by atoms with Gasteiger partial charge in [0.2, 0.25) is 0 Å². The van der Waals surface area contributed by atoms with Crippen molar-refractivity contribution in [3.63, 3.8) is 0 Å².